The monoisotopic (exact) mass is 384 g/mol. The van der Waals surface area contributed by atoms with Crippen molar-refractivity contribution < 1.29 is 4.79 Å². The Bertz CT molecular complexity index is 857. The van der Waals surface area contributed by atoms with Crippen LogP contribution in [-0.2, 0) is 6.54 Å². The lowest BCUT2D eigenvalue weighted by Crippen LogP contribution is -2.26. The third-order valence-electron chi connectivity index (χ3n) is 3.67. The lowest BCUT2D eigenvalue weighted by Gasteiger charge is -2.15. The summed E-state index contributed by atoms with van der Waals surface area (Å²) in [5.74, 6) is -0.156. The van der Waals surface area contributed by atoms with Crippen molar-refractivity contribution in [3.8, 4) is 5.69 Å². The van der Waals surface area contributed by atoms with E-state index in [0.29, 0.717) is 12.2 Å². The van der Waals surface area contributed by atoms with E-state index in [4.69, 9.17) is 0 Å². The highest BCUT2D eigenvalue weighted by molar-refractivity contribution is 9.10. The second-order valence-electron chi connectivity index (χ2n) is 5.68. The van der Waals surface area contributed by atoms with Crippen molar-refractivity contribution >= 4 is 21.8 Å². The maximum atomic E-state index is 12.5. The van der Waals surface area contributed by atoms with Gasteiger partial charge in [0, 0.05) is 18.1 Å². The van der Waals surface area contributed by atoms with E-state index in [1.807, 2.05) is 55.5 Å². The first-order chi connectivity index (χ1) is 11.5. The van der Waals surface area contributed by atoms with E-state index in [9.17, 15) is 4.79 Å². The quantitative estimate of drug-likeness (QED) is 0.690. The Morgan fingerprint density at radius 1 is 1.21 bits per heavy atom. The normalized spacial score (nSPS) is 10.6. The molecular formula is C18H17BrN4O. The lowest BCUT2D eigenvalue weighted by molar-refractivity contribution is 0.0779. The molecule has 3 rings (SSSR count). The van der Waals surface area contributed by atoms with Crippen LogP contribution in [0.5, 0.6) is 0 Å². The fraction of sp³-hybridized carbons (Fsp3) is 0.167. The molecule has 0 radical (unpaired) electrons. The average Bonchev–Trinajstić information content (AvgIpc) is 3.06. The van der Waals surface area contributed by atoms with Crippen molar-refractivity contribution in [1.29, 1.82) is 0 Å². The molecule has 1 heterocycles. The van der Waals surface area contributed by atoms with Crippen molar-refractivity contribution in [2.45, 2.75) is 13.5 Å². The maximum absolute atomic E-state index is 12.5. The Labute approximate surface area is 149 Å². The predicted molar refractivity (Wildman–Crippen MR) is 96.0 cm³/mol. The predicted octanol–water partition coefficient (Wildman–Crippen LogP) is 3.61. The van der Waals surface area contributed by atoms with Crippen LogP contribution in [0, 0.1) is 6.92 Å². The van der Waals surface area contributed by atoms with Crippen LogP contribution in [0.2, 0.25) is 0 Å². The first kappa shape index (κ1) is 16.4. The molecule has 122 valence electrons. The van der Waals surface area contributed by atoms with Crippen LogP contribution in [0.3, 0.4) is 0 Å². The van der Waals surface area contributed by atoms with E-state index in [1.165, 1.54) is 5.56 Å². The minimum atomic E-state index is -0.156. The largest absolute Gasteiger partial charge is 0.336 e. The molecule has 0 atom stereocenters. The van der Waals surface area contributed by atoms with Crippen molar-refractivity contribution in [3.63, 3.8) is 0 Å². The number of aromatic nitrogens is 3. The van der Waals surface area contributed by atoms with Crippen LogP contribution < -0.4 is 0 Å². The first-order valence-corrected chi connectivity index (χ1v) is 8.31. The van der Waals surface area contributed by atoms with Crippen LogP contribution in [-0.4, -0.2) is 32.8 Å². The van der Waals surface area contributed by atoms with Crippen molar-refractivity contribution in [3.05, 3.63) is 76.0 Å². The lowest BCUT2D eigenvalue weighted by atomic mass is 10.1. The van der Waals surface area contributed by atoms with Crippen LogP contribution in [0.25, 0.3) is 5.69 Å². The number of carbonyl (C=O) groups excluding carboxylic acids is 1. The van der Waals surface area contributed by atoms with E-state index in [-0.39, 0.29) is 5.91 Å². The first-order valence-electron chi connectivity index (χ1n) is 7.52. The van der Waals surface area contributed by atoms with Crippen molar-refractivity contribution in [2.75, 3.05) is 7.05 Å². The van der Waals surface area contributed by atoms with Gasteiger partial charge in [-0.1, -0.05) is 57.0 Å². The Morgan fingerprint density at radius 2 is 1.96 bits per heavy atom. The molecule has 5 nitrogen and oxygen atoms in total. The Kier molecular flexibility index (Phi) is 4.76. The van der Waals surface area contributed by atoms with Gasteiger partial charge < -0.3 is 4.90 Å². The number of halogens is 1. The molecule has 0 spiro atoms. The summed E-state index contributed by atoms with van der Waals surface area (Å²) in [7, 11) is 1.76. The number of carbonyl (C=O) groups is 1. The molecule has 6 heteroatoms. The molecule has 0 saturated carbocycles. The van der Waals surface area contributed by atoms with Gasteiger partial charge in [-0.15, -0.1) is 5.10 Å². The molecule has 3 aromatic rings. The molecule has 24 heavy (non-hydrogen) atoms. The zero-order valence-electron chi connectivity index (χ0n) is 13.5. The van der Waals surface area contributed by atoms with Gasteiger partial charge in [0.15, 0.2) is 5.69 Å². The standard InChI is InChI=1S/C18H17BrN4O/c1-13-6-8-14(9-7-13)11-22(2)18(24)17-12-23(21-20-17)16-5-3-4-15(19)10-16/h3-10,12H,11H2,1-2H3. The minimum Gasteiger partial charge on any atom is -0.336 e. The van der Waals surface area contributed by atoms with Gasteiger partial charge in [-0.25, -0.2) is 4.68 Å². The van der Waals surface area contributed by atoms with E-state index in [1.54, 1.807) is 22.8 Å². The zero-order valence-corrected chi connectivity index (χ0v) is 15.1. The van der Waals surface area contributed by atoms with E-state index >= 15 is 0 Å². The highest BCUT2D eigenvalue weighted by Crippen LogP contribution is 2.15. The van der Waals surface area contributed by atoms with Crippen molar-refractivity contribution in [1.82, 2.24) is 19.9 Å². The minimum absolute atomic E-state index is 0.156. The highest BCUT2D eigenvalue weighted by atomic mass is 79.9. The summed E-state index contributed by atoms with van der Waals surface area (Å²) in [6.07, 6.45) is 1.65. The number of hydrogen-bond donors (Lipinski definition) is 0. The van der Waals surface area contributed by atoms with Gasteiger partial charge in [-0.05, 0) is 30.7 Å². The van der Waals surface area contributed by atoms with Gasteiger partial charge in [-0.3, -0.25) is 4.79 Å². The molecule has 0 aliphatic heterocycles. The number of rotatable bonds is 4. The van der Waals surface area contributed by atoms with Crippen LogP contribution >= 0.6 is 15.9 Å². The number of nitrogens with zero attached hydrogens (tertiary/aromatic N) is 4. The second kappa shape index (κ2) is 6.97. The summed E-state index contributed by atoms with van der Waals surface area (Å²) < 4.78 is 2.54. The molecule has 1 amide bonds. The summed E-state index contributed by atoms with van der Waals surface area (Å²) >= 11 is 3.42. The van der Waals surface area contributed by atoms with Crippen molar-refractivity contribution in [2.24, 2.45) is 0 Å². The van der Waals surface area contributed by atoms with Gasteiger partial charge in [0.1, 0.15) is 0 Å². The van der Waals surface area contributed by atoms with E-state index < -0.39 is 0 Å². The summed E-state index contributed by atoms with van der Waals surface area (Å²) in [5.41, 5.74) is 3.45. The van der Waals surface area contributed by atoms with E-state index in [0.717, 1.165) is 15.7 Å². The molecule has 0 fully saturated rings. The Hall–Kier alpha value is -2.47. The highest BCUT2D eigenvalue weighted by Gasteiger charge is 2.16. The Morgan fingerprint density at radius 3 is 2.67 bits per heavy atom. The molecule has 0 saturated heterocycles. The summed E-state index contributed by atoms with van der Waals surface area (Å²) in [4.78, 5) is 14.2. The molecule has 2 aromatic carbocycles. The molecule has 0 bridgehead atoms. The van der Waals surface area contributed by atoms with Crippen LogP contribution in [0.4, 0.5) is 0 Å². The number of hydrogen-bond acceptors (Lipinski definition) is 3. The Balaban J connectivity index is 1.74. The SMILES string of the molecule is Cc1ccc(CN(C)C(=O)c2cn(-c3cccc(Br)c3)nn2)cc1. The van der Waals surface area contributed by atoms with Gasteiger partial charge in [0.05, 0.1) is 11.9 Å². The van der Waals surface area contributed by atoms with Crippen LogP contribution in [0.1, 0.15) is 21.6 Å². The number of aryl methyl sites for hydroxylation is 1. The zero-order chi connectivity index (χ0) is 17.1. The summed E-state index contributed by atoms with van der Waals surface area (Å²) in [6, 6.07) is 15.8. The molecule has 0 N–H and O–H groups in total. The number of benzene rings is 2. The topological polar surface area (TPSA) is 51.0 Å². The number of amides is 1. The molecular weight excluding hydrogens is 368 g/mol. The molecule has 0 unspecified atom stereocenters. The van der Waals surface area contributed by atoms with Crippen LogP contribution in [0.15, 0.2) is 59.2 Å². The maximum Gasteiger partial charge on any atom is 0.276 e. The molecule has 0 aliphatic rings. The third-order valence-corrected chi connectivity index (χ3v) is 4.17. The summed E-state index contributed by atoms with van der Waals surface area (Å²) in [6.45, 7) is 2.57. The van der Waals surface area contributed by atoms with Gasteiger partial charge in [0.25, 0.3) is 5.91 Å². The molecule has 1 aromatic heterocycles. The third kappa shape index (κ3) is 3.71. The van der Waals surface area contributed by atoms with Gasteiger partial charge in [0.2, 0.25) is 0 Å². The molecule has 0 aliphatic carbocycles. The van der Waals surface area contributed by atoms with E-state index in [2.05, 4.69) is 26.2 Å². The van der Waals surface area contributed by atoms with Gasteiger partial charge in [-0.2, -0.15) is 0 Å². The summed E-state index contributed by atoms with van der Waals surface area (Å²) in [5, 5.41) is 8.05. The fourth-order valence-electron chi connectivity index (χ4n) is 2.34. The average molecular weight is 385 g/mol. The smallest absolute Gasteiger partial charge is 0.276 e. The van der Waals surface area contributed by atoms with Gasteiger partial charge >= 0.3 is 0 Å². The second-order valence-corrected chi connectivity index (χ2v) is 6.59. The fourth-order valence-corrected chi connectivity index (χ4v) is 2.73.